The van der Waals surface area contributed by atoms with Gasteiger partial charge < -0.3 is 14.5 Å². The predicted octanol–water partition coefficient (Wildman–Crippen LogP) is 4.49. The number of rotatable bonds is 7. The molecule has 5 nitrogen and oxygen atoms in total. The van der Waals surface area contributed by atoms with Gasteiger partial charge in [0.05, 0.1) is 12.8 Å². The molecule has 0 spiro atoms. The van der Waals surface area contributed by atoms with Crippen LogP contribution < -0.4 is 10.1 Å². The third-order valence-corrected chi connectivity index (χ3v) is 5.33. The minimum Gasteiger partial charge on any atom is -0.497 e. The van der Waals surface area contributed by atoms with Crippen LogP contribution in [0, 0.1) is 6.92 Å². The predicted molar refractivity (Wildman–Crippen MR) is 118 cm³/mol. The molecule has 30 heavy (non-hydrogen) atoms. The van der Waals surface area contributed by atoms with E-state index in [2.05, 4.69) is 14.7 Å². The lowest BCUT2D eigenvalue weighted by Gasteiger charge is -2.18. The first kappa shape index (κ1) is 19.7. The van der Waals surface area contributed by atoms with Gasteiger partial charge in [0.1, 0.15) is 11.4 Å². The van der Waals surface area contributed by atoms with Crippen LogP contribution in [0.1, 0.15) is 34.7 Å². The molecular weight excluding hydrogens is 374 g/mol. The normalized spacial score (nSPS) is 11.9. The molecule has 4 aromatic rings. The number of ether oxygens (including phenoxy) is 1. The molecular formula is C25H25N3O2. The van der Waals surface area contributed by atoms with Crippen molar-refractivity contribution >= 4 is 11.6 Å². The molecule has 0 aliphatic heterocycles. The highest BCUT2D eigenvalue weighted by atomic mass is 16.5. The number of pyridine rings is 1. The summed E-state index contributed by atoms with van der Waals surface area (Å²) in [6.45, 7) is 2.55. The Morgan fingerprint density at radius 3 is 2.73 bits per heavy atom. The highest BCUT2D eigenvalue weighted by Gasteiger charge is 2.22. The molecule has 2 aromatic carbocycles. The van der Waals surface area contributed by atoms with Crippen molar-refractivity contribution in [2.45, 2.75) is 25.8 Å². The minimum absolute atomic E-state index is 0.00530. The van der Waals surface area contributed by atoms with Crippen LogP contribution >= 0.6 is 0 Å². The fourth-order valence-corrected chi connectivity index (χ4v) is 3.73. The largest absolute Gasteiger partial charge is 0.497 e. The van der Waals surface area contributed by atoms with Gasteiger partial charge in [-0.1, -0.05) is 48.5 Å². The molecule has 0 radical (unpaired) electrons. The summed E-state index contributed by atoms with van der Waals surface area (Å²) in [5.41, 5.74) is 5.09. The van der Waals surface area contributed by atoms with Gasteiger partial charge in [-0.05, 0) is 41.8 Å². The van der Waals surface area contributed by atoms with E-state index >= 15 is 0 Å². The molecule has 1 atom stereocenters. The zero-order valence-electron chi connectivity index (χ0n) is 17.2. The SMILES string of the molecule is COc1cccc([C@@H](CC(=O)NCc2ccccc2)c2cnc3c(C)cccn23)c1. The third kappa shape index (κ3) is 4.20. The summed E-state index contributed by atoms with van der Waals surface area (Å²) in [6.07, 6.45) is 4.19. The molecule has 0 aliphatic carbocycles. The van der Waals surface area contributed by atoms with Crippen molar-refractivity contribution < 1.29 is 9.53 Å². The van der Waals surface area contributed by atoms with E-state index < -0.39 is 0 Å². The molecule has 0 saturated carbocycles. The summed E-state index contributed by atoms with van der Waals surface area (Å²) in [5.74, 6) is 0.620. The van der Waals surface area contributed by atoms with Crippen LogP contribution in [0.4, 0.5) is 0 Å². The second-order valence-corrected chi connectivity index (χ2v) is 7.36. The van der Waals surface area contributed by atoms with Gasteiger partial charge in [0, 0.05) is 31.3 Å². The average Bonchev–Trinajstić information content (AvgIpc) is 3.22. The fourth-order valence-electron chi connectivity index (χ4n) is 3.73. The maximum absolute atomic E-state index is 12.9. The van der Waals surface area contributed by atoms with Crippen LogP contribution in [0.3, 0.4) is 0 Å². The third-order valence-electron chi connectivity index (χ3n) is 5.33. The van der Waals surface area contributed by atoms with E-state index in [9.17, 15) is 4.79 Å². The Bertz CT molecular complexity index is 1150. The van der Waals surface area contributed by atoms with Crippen molar-refractivity contribution in [3.63, 3.8) is 0 Å². The van der Waals surface area contributed by atoms with E-state index in [-0.39, 0.29) is 11.8 Å². The molecule has 1 N–H and O–H groups in total. The van der Waals surface area contributed by atoms with E-state index in [0.29, 0.717) is 13.0 Å². The van der Waals surface area contributed by atoms with E-state index in [4.69, 9.17) is 4.74 Å². The lowest BCUT2D eigenvalue weighted by molar-refractivity contribution is -0.121. The molecule has 2 aromatic heterocycles. The minimum atomic E-state index is -0.146. The van der Waals surface area contributed by atoms with Gasteiger partial charge in [0.15, 0.2) is 0 Å². The molecule has 2 heterocycles. The molecule has 5 heteroatoms. The Balaban J connectivity index is 1.65. The second kappa shape index (κ2) is 8.82. The number of amides is 1. The van der Waals surface area contributed by atoms with Gasteiger partial charge in [0.25, 0.3) is 0 Å². The van der Waals surface area contributed by atoms with Crippen LogP contribution in [-0.2, 0) is 11.3 Å². The first-order chi connectivity index (χ1) is 14.7. The van der Waals surface area contributed by atoms with Crippen molar-refractivity contribution in [1.82, 2.24) is 14.7 Å². The summed E-state index contributed by atoms with van der Waals surface area (Å²) in [6, 6.07) is 21.9. The zero-order valence-corrected chi connectivity index (χ0v) is 17.2. The number of hydrogen-bond donors (Lipinski definition) is 1. The van der Waals surface area contributed by atoms with Crippen molar-refractivity contribution in [3.05, 3.63) is 102 Å². The number of fused-ring (bicyclic) bond motifs is 1. The van der Waals surface area contributed by atoms with Crippen molar-refractivity contribution in [1.29, 1.82) is 0 Å². The van der Waals surface area contributed by atoms with Gasteiger partial charge in [-0.2, -0.15) is 0 Å². The molecule has 4 rings (SSSR count). The topological polar surface area (TPSA) is 55.6 Å². The number of nitrogens with zero attached hydrogens (tertiary/aromatic N) is 2. The Kier molecular flexibility index (Phi) is 5.80. The Labute approximate surface area is 176 Å². The first-order valence-corrected chi connectivity index (χ1v) is 10.0. The molecule has 0 bridgehead atoms. The number of aryl methyl sites for hydroxylation is 1. The Hall–Kier alpha value is -3.60. The molecule has 0 fully saturated rings. The second-order valence-electron chi connectivity index (χ2n) is 7.36. The number of imidazole rings is 1. The summed E-state index contributed by atoms with van der Waals surface area (Å²) in [5, 5.41) is 3.05. The van der Waals surface area contributed by atoms with Gasteiger partial charge in [-0.25, -0.2) is 4.98 Å². The van der Waals surface area contributed by atoms with Crippen molar-refractivity contribution in [2.75, 3.05) is 7.11 Å². The monoisotopic (exact) mass is 399 g/mol. The summed E-state index contributed by atoms with van der Waals surface area (Å²) in [4.78, 5) is 17.5. The number of carbonyl (C=O) groups is 1. The highest BCUT2D eigenvalue weighted by molar-refractivity contribution is 5.77. The molecule has 1 amide bonds. The fraction of sp³-hybridized carbons (Fsp3) is 0.200. The van der Waals surface area contributed by atoms with Crippen molar-refractivity contribution in [2.24, 2.45) is 0 Å². The lowest BCUT2D eigenvalue weighted by Crippen LogP contribution is -2.25. The maximum Gasteiger partial charge on any atom is 0.221 e. The van der Waals surface area contributed by atoms with Crippen LogP contribution in [0.2, 0.25) is 0 Å². The summed E-state index contributed by atoms with van der Waals surface area (Å²) >= 11 is 0. The van der Waals surface area contributed by atoms with Crippen LogP contribution in [0.15, 0.2) is 79.1 Å². The van der Waals surface area contributed by atoms with E-state index in [1.54, 1.807) is 7.11 Å². The molecule has 152 valence electrons. The van der Waals surface area contributed by atoms with Gasteiger partial charge in [-0.3, -0.25) is 4.79 Å². The Morgan fingerprint density at radius 2 is 1.93 bits per heavy atom. The standard InChI is InChI=1S/C25H25N3O2/c1-18-8-7-13-28-23(17-27-25(18)28)22(20-11-6-12-21(14-20)30-2)15-24(29)26-16-19-9-4-3-5-10-19/h3-14,17,22H,15-16H2,1-2H3,(H,26,29)/t22-/m1/s1. The van der Waals surface area contributed by atoms with Crippen LogP contribution in [-0.4, -0.2) is 22.4 Å². The van der Waals surface area contributed by atoms with Crippen molar-refractivity contribution in [3.8, 4) is 5.75 Å². The van der Waals surface area contributed by atoms with Gasteiger partial charge in [-0.15, -0.1) is 0 Å². The van der Waals surface area contributed by atoms with E-state index in [1.165, 1.54) is 0 Å². The number of hydrogen-bond acceptors (Lipinski definition) is 3. The highest BCUT2D eigenvalue weighted by Crippen LogP contribution is 2.31. The number of methoxy groups -OCH3 is 1. The van der Waals surface area contributed by atoms with Crippen LogP contribution in [0.25, 0.3) is 5.65 Å². The average molecular weight is 399 g/mol. The number of benzene rings is 2. The quantitative estimate of drug-likeness (QED) is 0.498. The number of nitrogens with one attached hydrogen (secondary N) is 1. The summed E-state index contributed by atoms with van der Waals surface area (Å²) < 4.78 is 7.49. The molecule has 0 aliphatic rings. The van der Waals surface area contributed by atoms with Gasteiger partial charge >= 0.3 is 0 Å². The number of aromatic nitrogens is 2. The Morgan fingerprint density at radius 1 is 1.10 bits per heavy atom. The smallest absolute Gasteiger partial charge is 0.221 e. The van der Waals surface area contributed by atoms with E-state index in [1.807, 2.05) is 86.0 Å². The maximum atomic E-state index is 12.9. The first-order valence-electron chi connectivity index (χ1n) is 10.0. The lowest BCUT2D eigenvalue weighted by atomic mass is 9.92. The van der Waals surface area contributed by atoms with E-state index in [0.717, 1.165) is 33.8 Å². The summed E-state index contributed by atoms with van der Waals surface area (Å²) in [7, 11) is 1.65. The number of carbonyl (C=O) groups excluding carboxylic acids is 1. The zero-order chi connectivity index (χ0) is 20.9. The van der Waals surface area contributed by atoms with Gasteiger partial charge in [0.2, 0.25) is 5.91 Å². The molecule has 0 unspecified atom stereocenters. The molecule has 0 saturated heterocycles. The van der Waals surface area contributed by atoms with Crippen LogP contribution in [0.5, 0.6) is 5.75 Å².